The summed E-state index contributed by atoms with van der Waals surface area (Å²) in [4.78, 5) is 24.6. The normalized spacial score (nSPS) is 11.9. The Labute approximate surface area is 128 Å². The number of hydrogen-bond donors (Lipinski definition) is 1. The van der Waals surface area contributed by atoms with Gasteiger partial charge in [-0.2, -0.15) is 8.78 Å². The number of halogens is 2. The van der Waals surface area contributed by atoms with Crippen LogP contribution in [0.4, 0.5) is 8.78 Å². The van der Waals surface area contributed by atoms with Gasteiger partial charge < -0.3 is 4.98 Å². The van der Waals surface area contributed by atoms with E-state index in [1.165, 1.54) is 23.7 Å². The zero-order valence-electron chi connectivity index (χ0n) is 11.7. The number of nitrogens with one attached hydrogen (secondary N) is 1. The zero-order chi connectivity index (χ0) is 15.7. The molecule has 0 fully saturated rings. The molecule has 3 heterocycles. The van der Waals surface area contributed by atoms with Crippen LogP contribution in [0.5, 0.6) is 0 Å². The lowest BCUT2D eigenvalue weighted by molar-refractivity contribution is 0.0644. The SMILES string of the molecule is CN(Cc1nc2ccsc2c(=O)[nH]1)Cc1nccn1C(F)F. The molecule has 0 saturated heterocycles. The quantitative estimate of drug-likeness (QED) is 0.781. The fourth-order valence-electron chi connectivity index (χ4n) is 2.19. The minimum Gasteiger partial charge on any atom is -0.308 e. The van der Waals surface area contributed by atoms with Crippen LogP contribution in [0.15, 0.2) is 28.6 Å². The van der Waals surface area contributed by atoms with Crippen molar-refractivity contribution in [2.45, 2.75) is 19.6 Å². The number of alkyl halides is 2. The van der Waals surface area contributed by atoms with E-state index in [-0.39, 0.29) is 17.9 Å². The number of aromatic amines is 1. The largest absolute Gasteiger partial charge is 0.319 e. The summed E-state index contributed by atoms with van der Waals surface area (Å²) < 4.78 is 26.9. The van der Waals surface area contributed by atoms with Crippen LogP contribution in [0.2, 0.25) is 0 Å². The van der Waals surface area contributed by atoms with Gasteiger partial charge >= 0.3 is 6.55 Å². The Hall–Kier alpha value is -2.13. The number of thiophene rings is 1. The molecule has 0 aliphatic carbocycles. The molecule has 1 N–H and O–H groups in total. The zero-order valence-corrected chi connectivity index (χ0v) is 12.5. The standard InChI is InChI=1S/C13H13F2N5OS/c1-19(7-10-16-3-4-20(10)13(14)15)6-9-17-8-2-5-22-11(8)12(21)18-9/h2-5,13H,6-7H2,1H3,(H,17,18,21). The number of rotatable bonds is 5. The van der Waals surface area contributed by atoms with E-state index < -0.39 is 6.55 Å². The Kier molecular flexibility index (Phi) is 3.99. The number of fused-ring (bicyclic) bond motifs is 1. The van der Waals surface area contributed by atoms with Crippen LogP contribution >= 0.6 is 11.3 Å². The number of H-pyrrole nitrogens is 1. The van der Waals surface area contributed by atoms with Crippen LogP contribution in [-0.2, 0) is 13.1 Å². The van der Waals surface area contributed by atoms with Crippen LogP contribution in [0.25, 0.3) is 10.2 Å². The molecule has 116 valence electrons. The molecule has 0 spiro atoms. The van der Waals surface area contributed by atoms with Gasteiger partial charge in [0.15, 0.2) is 0 Å². The van der Waals surface area contributed by atoms with Crippen molar-refractivity contribution < 1.29 is 8.78 Å². The van der Waals surface area contributed by atoms with E-state index in [0.29, 0.717) is 22.6 Å². The Morgan fingerprint density at radius 2 is 2.27 bits per heavy atom. The van der Waals surface area contributed by atoms with Crippen LogP contribution in [0.1, 0.15) is 18.2 Å². The molecule has 0 atom stereocenters. The summed E-state index contributed by atoms with van der Waals surface area (Å²) >= 11 is 1.33. The van der Waals surface area contributed by atoms with E-state index in [1.807, 2.05) is 0 Å². The van der Waals surface area contributed by atoms with Gasteiger partial charge in [-0.1, -0.05) is 0 Å². The molecule has 0 amide bonds. The molecule has 22 heavy (non-hydrogen) atoms. The summed E-state index contributed by atoms with van der Waals surface area (Å²) in [6, 6.07) is 1.78. The minimum absolute atomic E-state index is 0.183. The van der Waals surface area contributed by atoms with Gasteiger partial charge in [0.05, 0.1) is 18.6 Å². The number of hydrogen-bond acceptors (Lipinski definition) is 5. The van der Waals surface area contributed by atoms with Gasteiger partial charge in [-0.25, -0.2) is 9.97 Å². The summed E-state index contributed by atoms with van der Waals surface area (Å²) in [5.74, 6) is 0.755. The van der Waals surface area contributed by atoms with Gasteiger partial charge in [-0.05, 0) is 18.5 Å². The first kappa shape index (κ1) is 14.8. The number of imidazole rings is 1. The van der Waals surface area contributed by atoms with Gasteiger partial charge in [-0.15, -0.1) is 11.3 Å². The molecule has 6 nitrogen and oxygen atoms in total. The maximum Gasteiger partial charge on any atom is 0.319 e. The third-order valence-electron chi connectivity index (χ3n) is 3.15. The second kappa shape index (κ2) is 5.93. The van der Waals surface area contributed by atoms with Gasteiger partial charge in [0.25, 0.3) is 5.56 Å². The van der Waals surface area contributed by atoms with Crippen molar-refractivity contribution in [1.29, 1.82) is 0 Å². The van der Waals surface area contributed by atoms with Crippen LogP contribution in [0, 0.1) is 0 Å². The van der Waals surface area contributed by atoms with Crippen molar-refractivity contribution >= 4 is 21.6 Å². The second-order valence-electron chi connectivity index (χ2n) is 4.85. The molecule has 3 aromatic rings. The molecular formula is C13H13F2N5OS. The number of nitrogens with zero attached hydrogens (tertiary/aromatic N) is 4. The fraction of sp³-hybridized carbons (Fsp3) is 0.308. The van der Waals surface area contributed by atoms with Crippen molar-refractivity contribution in [2.24, 2.45) is 0 Å². The molecule has 0 radical (unpaired) electrons. The predicted molar refractivity (Wildman–Crippen MR) is 78.9 cm³/mol. The van der Waals surface area contributed by atoms with Crippen molar-refractivity contribution in [3.05, 3.63) is 45.8 Å². The van der Waals surface area contributed by atoms with E-state index in [4.69, 9.17) is 0 Å². The highest BCUT2D eigenvalue weighted by Crippen LogP contribution is 2.16. The summed E-state index contributed by atoms with van der Waals surface area (Å²) in [5, 5.41) is 1.81. The third kappa shape index (κ3) is 2.90. The Morgan fingerprint density at radius 1 is 1.45 bits per heavy atom. The smallest absolute Gasteiger partial charge is 0.308 e. The maximum absolute atomic E-state index is 12.8. The number of aromatic nitrogens is 4. The summed E-state index contributed by atoms with van der Waals surface area (Å²) in [6.07, 6.45) is 2.58. The Morgan fingerprint density at radius 3 is 3.05 bits per heavy atom. The third-order valence-corrected chi connectivity index (χ3v) is 4.06. The molecule has 0 unspecified atom stereocenters. The van der Waals surface area contributed by atoms with Crippen molar-refractivity contribution in [3.8, 4) is 0 Å². The molecular weight excluding hydrogens is 312 g/mol. The molecule has 0 bridgehead atoms. The maximum atomic E-state index is 12.8. The highest BCUT2D eigenvalue weighted by Gasteiger charge is 2.14. The summed E-state index contributed by atoms with van der Waals surface area (Å²) in [6.45, 7) is -2.06. The van der Waals surface area contributed by atoms with Gasteiger partial charge in [-0.3, -0.25) is 14.3 Å². The first-order chi connectivity index (χ1) is 10.5. The van der Waals surface area contributed by atoms with Gasteiger partial charge in [0, 0.05) is 12.4 Å². The monoisotopic (exact) mass is 325 g/mol. The predicted octanol–water partition coefficient (Wildman–Crippen LogP) is 2.21. The average Bonchev–Trinajstić information content (AvgIpc) is 3.07. The van der Waals surface area contributed by atoms with Crippen molar-refractivity contribution in [3.63, 3.8) is 0 Å². The average molecular weight is 325 g/mol. The molecule has 3 aromatic heterocycles. The molecule has 0 saturated carbocycles. The molecule has 0 aliphatic heterocycles. The summed E-state index contributed by atoms with van der Waals surface area (Å²) in [5.41, 5.74) is 0.462. The second-order valence-corrected chi connectivity index (χ2v) is 5.76. The lowest BCUT2D eigenvalue weighted by atomic mass is 10.4. The van der Waals surface area contributed by atoms with E-state index >= 15 is 0 Å². The molecule has 3 rings (SSSR count). The van der Waals surface area contributed by atoms with Crippen LogP contribution in [-0.4, -0.2) is 31.5 Å². The van der Waals surface area contributed by atoms with Crippen molar-refractivity contribution in [1.82, 2.24) is 24.4 Å². The lowest BCUT2D eigenvalue weighted by Gasteiger charge is -2.16. The topological polar surface area (TPSA) is 66.8 Å². The Bertz CT molecular complexity index is 840. The lowest BCUT2D eigenvalue weighted by Crippen LogP contribution is -2.23. The highest BCUT2D eigenvalue weighted by atomic mass is 32.1. The van der Waals surface area contributed by atoms with Crippen LogP contribution in [0.3, 0.4) is 0 Å². The van der Waals surface area contributed by atoms with Crippen molar-refractivity contribution in [2.75, 3.05) is 7.05 Å². The highest BCUT2D eigenvalue weighted by molar-refractivity contribution is 7.17. The Balaban J connectivity index is 1.76. The fourth-order valence-corrected chi connectivity index (χ4v) is 2.92. The summed E-state index contributed by atoms with van der Waals surface area (Å²) in [7, 11) is 1.75. The minimum atomic E-state index is -2.62. The van der Waals surface area contributed by atoms with Crippen LogP contribution < -0.4 is 5.56 Å². The van der Waals surface area contributed by atoms with E-state index in [0.717, 1.165) is 4.57 Å². The molecule has 0 aliphatic rings. The molecule has 0 aromatic carbocycles. The van der Waals surface area contributed by atoms with E-state index in [2.05, 4.69) is 15.0 Å². The van der Waals surface area contributed by atoms with E-state index in [9.17, 15) is 13.6 Å². The first-order valence-corrected chi connectivity index (χ1v) is 7.37. The van der Waals surface area contributed by atoms with E-state index in [1.54, 1.807) is 23.4 Å². The molecule has 9 heteroatoms. The van der Waals surface area contributed by atoms with Gasteiger partial charge in [0.1, 0.15) is 16.3 Å². The first-order valence-electron chi connectivity index (χ1n) is 6.49. The van der Waals surface area contributed by atoms with Gasteiger partial charge in [0.2, 0.25) is 0 Å².